The predicted octanol–water partition coefficient (Wildman–Crippen LogP) is 4.10. The molecule has 1 aliphatic heterocycles. The number of carbonyl (C=O) groups is 1. The Labute approximate surface area is 158 Å². The quantitative estimate of drug-likeness (QED) is 0.827. The number of amides is 1. The van der Waals surface area contributed by atoms with Crippen LogP contribution in [0.5, 0.6) is 0 Å². The molecule has 1 aromatic carbocycles. The molecule has 1 amide bonds. The summed E-state index contributed by atoms with van der Waals surface area (Å²) < 4.78 is 42.2. The van der Waals surface area contributed by atoms with Gasteiger partial charge in [-0.15, -0.1) is 0 Å². The number of aliphatic imine (C=N–C) groups is 1. The van der Waals surface area contributed by atoms with Crippen molar-refractivity contribution in [1.29, 1.82) is 0 Å². The van der Waals surface area contributed by atoms with Gasteiger partial charge in [-0.1, -0.05) is 48.9 Å². The number of alkyl halides is 3. The number of hydrogen-bond acceptors (Lipinski definition) is 4. The summed E-state index contributed by atoms with van der Waals surface area (Å²) in [6.07, 6.45) is -3.27. The van der Waals surface area contributed by atoms with Gasteiger partial charge in [-0.2, -0.15) is 13.2 Å². The molecule has 1 aromatic heterocycles. The number of amidine groups is 1. The highest BCUT2D eigenvalue weighted by atomic mass is 35.5. The molecule has 1 atom stereocenters. The molecule has 2 heterocycles. The lowest BCUT2D eigenvalue weighted by atomic mass is 10.1. The highest BCUT2D eigenvalue weighted by Gasteiger charge is 2.66. The number of carbonyl (C=O) groups excluding carboxylic acids is 1. The lowest BCUT2D eigenvalue weighted by Crippen LogP contribution is -2.58. The van der Waals surface area contributed by atoms with Crippen LogP contribution in [0.25, 0.3) is 0 Å². The molecule has 0 radical (unpaired) electrons. The predicted molar refractivity (Wildman–Crippen MR) is 96.6 cm³/mol. The van der Waals surface area contributed by atoms with Gasteiger partial charge in [0.05, 0.1) is 0 Å². The van der Waals surface area contributed by atoms with Gasteiger partial charge in [-0.05, 0) is 18.6 Å². The van der Waals surface area contributed by atoms with Crippen LogP contribution in [0.1, 0.15) is 18.9 Å². The van der Waals surface area contributed by atoms with Crippen LogP contribution in [0.15, 0.2) is 53.7 Å². The number of hydrogen-bond donors (Lipinski definition) is 1. The Morgan fingerprint density at radius 2 is 1.93 bits per heavy atom. The smallest absolute Gasteiger partial charge is 0.331 e. The fourth-order valence-corrected chi connectivity index (χ4v) is 2.95. The molecule has 3 rings (SSSR count). The average molecular weight is 397 g/mol. The monoisotopic (exact) mass is 396 g/mol. The molecule has 1 N–H and O–H groups in total. The summed E-state index contributed by atoms with van der Waals surface area (Å²) in [5.74, 6) is -1.42. The molecular weight excluding hydrogens is 381 g/mol. The van der Waals surface area contributed by atoms with E-state index in [1.807, 2.05) is 0 Å². The summed E-state index contributed by atoms with van der Waals surface area (Å²) in [6.45, 7) is 1.88. The Bertz CT molecular complexity index is 872. The second-order valence-electron chi connectivity index (χ2n) is 5.95. The van der Waals surface area contributed by atoms with Crippen LogP contribution >= 0.6 is 11.6 Å². The molecular formula is C18H16ClF3N4O. The van der Waals surface area contributed by atoms with Crippen molar-refractivity contribution in [3.05, 3.63) is 59.2 Å². The molecule has 9 heteroatoms. The molecule has 142 valence electrons. The molecule has 0 saturated heterocycles. The first-order valence-electron chi connectivity index (χ1n) is 8.22. The van der Waals surface area contributed by atoms with E-state index in [2.05, 4.69) is 15.3 Å². The summed E-state index contributed by atoms with van der Waals surface area (Å²) in [7, 11) is 0. The maximum absolute atomic E-state index is 14.1. The Balaban J connectivity index is 2.14. The molecule has 27 heavy (non-hydrogen) atoms. The van der Waals surface area contributed by atoms with Gasteiger partial charge in [0, 0.05) is 23.3 Å². The Morgan fingerprint density at radius 3 is 2.52 bits per heavy atom. The molecule has 2 aromatic rings. The fraction of sp³-hybridized carbons (Fsp3) is 0.278. The topological polar surface area (TPSA) is 57.6 Å². The zero-order chi connectivity index (χ0) is 19.7. The van der Waals surface area contributed by atoms with E-state index >= 15 is 0 Å². The molecule has 0 aliphatic carbocycles. The second-order valence-corrected chi connectivity index (χ2v) is 6.39. The molecule has 0 saturated carbocycles. The molecule has 0 bridgehead atoms. The summed E-state index contributed by atoms with van der Waals surface area (Å²) >= 11 is 5.84. The van der Waals surface area contributed by atoms with E-state index in [0.29, 0.717) is 12.0 Å². The van der Waals surface area contributed by atoms with E-state index in [1.165, 1.54) is 18.3 Å². The van der Waals surface area contributed by atoms with Crippen LogP contribution < -0.4 is 5.32 Å². The first-order valence-corrected chi connectivity index (χ1v) is 8.60. The number of benzene rings is 1. The molecule has 0 spiro atoms. The third-order valence-electron chi connectivity index (χ3n) is 4.00. The van der Waals surface area contributed by atoms with E-state index in [0.717, 1.165) is 4.90 Å². The van der Waals surface area contributed by atoms with Crippen LogP contribution in [0.4, 0.5) is 19.0 Å². The maximum atomic E-state index is 14.1. The molecule has 1 aliphatic rings. The standard InChI is InChI=1S/C18H16ClF3N4O/c1-2-10-26-15(12-6-4-3-5-7-12)25-17(16(26)27,18(20,21)22)24-14-11-13(19)8-9-23-14/h3-9,11H,2,10H2,1H3,(H,23,24)/t17-/m1/s1. The van der Waals surface area contributed by atoms with E-state index in [4.69, 9.17) is 11.6 Å². The van der Waals surface area contributed by atoms with Gasteiger partial charge < -0.3 is 5.32 Å². The van der Waals surface area contributed by atoms with Crippen molar-refractivity contribution < 1.29 is 18.0 Å². The van der Waals surface area contributed by atoms with Gasteiger partial charge in [-0.25, -0.2) is 9.98 Å². The number of halogens is 4. The number of pyridine rings is 1. The van der Waals surface area contributed by atoms with Gasteiger partial charge in [0.15, 0.2) is 0 Å². The van der Waals surface area contributed by atoms with Crippen molar-refractivity contribution >= 4 is 29.2 Å². The highest BCUT2D eigenvalue weighted by molar-refractivity contribution is 6.30. The summed E-state index contributed by atoms with van der Waals surface area (Å²) in [4.78, 5) is 21.6. The highest BCUT2D eigenvalue weighted by Crippen LogP contribution is 2.40. The number of anilines is 1. The minimum Gasteiger partial charge on any atom is -0.331 e. The van der Waals surface area contributed by atoms with Gasteiger partial charge in [0.2, 0.25) is 0 Å². The van der Waals surface area contributed by atoms with E-state index in [1.54, 1.807) is 37.3 Å². The first-order chi connectivity index (χ1) is 12.8. The summed E-state index contributed by atoms with van der Waals surface area (Å²) in [5, 5.41) is 2.36. The zero-order valence-corrected chi connectivity index (χ0v) is 15.1. The third kappa shape index (κ3) is 3.49. The van der Waals surface area contributed by atoms with Crippen LogP contribution in [0.3, 0.4) is 0 Å². The molecule has 0 fully saturated rings. The van der Waals surface area contributed by atoms with E-state index in [-0.39, 0.29) is 23.2 Å². The van der Waals surface area contributed by atoms with Crippen molar-refractivity contribution in [3.8, 4) is 0 Å². The van der Waals surface area contributed by atoms with Crippen molar-refractivity contribution in [3.63, 3.8) is 0 Å². The minimum absolute atomic E-state index is 0.0331. The second kappa shape index (κ2) is 7.19. The van der Waals surface area contributed by atoms with E-state index in [9.17, 15) is 18.0 Å². The van der Waals surface area contributed by atoms with Crippen LogP contribution in [-0.2, 0) is 4.79 Å². The number of nitrogens with one attached hydrogen (secondary N) is 1. The zero-order valence-electron chi connectivity index (χ0n) is 14.3. The van der Waals surface area contributed by atoms with Gasteiger partial charge >= 0.3 is 11.8 Å². The normalized spacial score (nSPS) is 20.0. The lowest BCUT2D eigenvalue weighted by molar-refractivity contribution is -0.185. The van der Waals surface area contributed by atoms with Crippen LogP contribution in [-0.4, -0.2) is 40.0 Å². The lowest BCUT2D eigenvalue weighted by Gasteiger charge is -2.29. The van der Waals surface area contributed by atoms with E-state index < -0.39 is 17.7 Å². The number of rotatable bonds is 5. The Kier molecular flexibility index (Phi) is 5.10. The summed E-state index contributed by atoms with van der Waals surface area (Å²) in [6, 6.07) is 10.9. The summed E-state index contributed by atoms with van der Waals surface area (Å²) in [5.41, 5.74) is -2.74. The van der Waals surface area contributed by atoms with Crippen molar-refractivity contribution in [2.45, 2.75) is 25.2 Å². The Morgan fingerprint density at radius 1 is 1.22 bits per heavy atom. The Hall–Kier alpha value is -2.61. The van der Waals surface area contributed by atoms with Crippen molar-refractivity contribution in [1.82, 2.24) is 9.88 Å². The van der Waals surface area contributed by atoms with Crippen LogP contribution in [0, 0.1) is 0 Å². The largest absolute Gasteiger partial charge is 0.442 e. The first kappa shape index (κ1) is 19.2. The van der Waals surface area contributed by atoms with Gasteiger partial charge in [-0.3, -0.25) is 9.69 Å². The number of aromatic nitrogens is 1. The van der Waals surface area contributed by atoms with Crippen molar-refractivity contribution in [2.75, 3.05) is 11.9 Å². The number of nitrogens with zero attached hydrogens (tertiary/aromatic N) is 3. The SMILES string of the molecule is CCCN1C(=O)[C@](Nc2cc(Cl)ccn2)(C(F)(F)F)N=C1c1ccccc1. The van der Waals surface area contributed by atoms with Crippen LogP contribution in [0.2, 0.25) is 5.02 Å². The molecule has 0 unspecified atom stereocenters. The third-order valence-corrected chi connectivity index (χ3v) is 4.24. The fourth-order valence-electron chi connectivity index (χ4n) is 2.79. The van der Waals surface area contributed by atoms with Gasteiger partial charge in [0.25, 0.3) is 5.91 Å². The van der Waals surface area contributed by atoms with Gasteiger partial charge in [0.1, 0.15) is 11.7 Å². The minimum atomic E-state index is -4.99. The van der Waals surface area contributed by atoms with Crippen molar-refractivity contribution in [2.24, 2.45) is 4.99 Å². The molecule has 5 nitrogen and oxygen atoms in total. The maximum Gasteiger partial charge on any atom is 0.442 e. The average Bonchev–Trinajstić information content (AvgIpc) is 2.90.